The molecule has 3 rings (SSSR count). The van der Waals surface area contributed by atoms with Gasteiger partial charge in [-0.1, -0.05) is 48.2 Å². The average molecular weight is 485 g/mol. The Kier molecular flexibility index (Phi) is 8.62. The molecule has 0 unspecified atom stereocenters. The monoisotopic (exact) mass is 484 g/mol. The van der Waals surface area contributed by atoms with Crippen LogP contribution in [0.4, 0.5) is 5.69 Å². The summed E-state index contributed by atoms with van der Waals surface area (Å²) >= 11 is 6.58. The number of esters is 1. The van der Waals surface area contributed by atoms with Gasteiger partial charge < -0.3 is 14.8 Å². The molecule has 1 aliphatic heterocycles. The summed E-state index contributed by atoms with van der Waals surface area (Å²) in [6, 6.07) is 14.0. The Bertz CT molecular complexity index is 1080. The molecular formula is C24H24N2O5S2. The van der Waals surface area contributed by atoms with Gasteiger partial charge in [0.15, 0.2) is 0 Å². The van der Waals surface area contributed by atoms with Crippen LogP contribution in [-0.2, 0) is 14.3 Å². The Balaban J connectivity index is 1.54. The van der Waals surface area contributed by atoms with Gasteiger partial charge in [-0.15, -0.1) is 0 Å². The van der Waals surface area contributed by atoms with Gasteiger partial charge in [0.1, 0.15) is 10.1 Å². The van der Waals surface area contributed by atoms with E-state index in [1.807, 2.05) is 19.1 Å². The lowest BCUT2D eigenvalue weighted by atomic mass is 10.1. The fraction of sp³-hybridized carbons (Fsp3) is 0.250. The van der Waals surface area contributed by atoms with Crippen molar-refractivity contribution < 1.29 is 23.9 Å². The number of carbonyl (C=O) groups is 3. The predicted octanol–water partition coefficient (Wildman–Crippen LogP) is 4.49. The Hall–Kier alpha value is -3.17. The highest BCUT2D eigenvalue weighted by Gasteiger charge is 2.31. The number of anilines is 1. The van der Waals surface area contributed by atoms with E-state index in [2.05, 4.69) is 10.1 Å². The van der Waals surface area contributed by atoms with Gasteiger partial charge in [0, 0.05) is 13.0 Å². The molecule has 1 heterocycles. The van der Waals surface area contributed by atoms with E-state index in [4.69, 9.17) is 17.0 Å². The number of hydrogen-bond acceptors (Lipinski definition) is 7. The average Bonchev–Trinajstić information content (AvgIpc) is 3.07. The van der Waals surface area contributed by atoms with Crippen LogP contribution >= 0.6 is 24.0 Å². The number of carbonyl (C=O) groups excluding carboxylic acids is 3. The van der Waals surface area contributed by atoms with Crippen molar-refractivity contribution in [3.63, 3.8) is 0 Å². The van der Waals surface area contributed by atoms with Gasteiger partial charge >= 0.3 is 5.97 Å². The van der Waals surface area contributed by atoms with Crippen molar-refractivity contribution in [3.8, 4) is 5.75 Å². The Morgan fingerprint density at radius 3 is 2.58 bits per heavy atom. The van der Waals surface area contributed by atoms with Crippen molar-refractivity contribution in [1.29, 1.82) is 0 Å². The number of nitrogens with zero attached hydrogens (tertiary/aromatic N) is 1. The minimum absolute atomic E-state index is 0.158. The number of ether oxygens (including phenoxy) is 2. The van der Waals surface area contributed by atoms with E-state index >= 15 is 0 Å². The number of rotatable bonds is 9. The second-order valence-electron chi connectivity index (χ2n) is 7.03. The minimum atomic E-state index is -0.418. The summed E-state index contributed by atoms with van der Waals surface area (Å²) in [5.41, 5.74) is 1.83. The second kappa shape index (κ2) is 11.6. The van der Waals surface area contributed by atoms with Crippen LogP contribution in [0.5, 0.6) is 5.75 Å². The molecule has 1 saturated heterocycles. The maximum Gasteiger partial charge on any atom is 0.337 e. The summed E-state index contributed by atoms with van der Waals surface area (Å²) in [7, 11) is 1.32. The van der Waals surface area contributed by atoms with E-state index in [1.165, 1.54) is 23.8 Å². The lowest BCUT2D eigenvalue weighted by Gasteiger charge is -2.14. The molecular weight excluding hydrogens is 460 g/mol. The van der Waals surface area contributed by atoms with Gasteiger partial charge in [-0.05, 0) is 49.2 Å². The molecule has 172 valence electrons. The van der Waals surface area contributed by atoms with Gasteiger partial charge in [-0.2, -0.15) is 0 Å². The molecule has 0 atom stereocenters. The fourth-order valence-corrected chi connectivity index (χ4v) is 4.45. The first kappa shape index (κ1) is 24.5. The lowest BCUT2D eigenvalue weighted by molar-refractivity contribution is -0.122. The Morgan fingerprint density at radius 1 is 1.15 bits per heavy atom. The van der Waals surface area contributed by atoms with Crippen LogP contribution in [0.1, 0.15) is 35.7 Å². The molecule has 7 nitrogen and oxygen atoms in total. The molecule has 0 bridgehead atoms. The molecule has 1 fully saturated rings. The first-order valence-electron chi connectivity index (χ1n) is 10.4. The van der Waals surface area contributed by atoms with Crippen molar-refractivity contribution in [2.45, 2.75) is 19.8 Å². The molecule has 33 heavy (non-hydrogen) atoms. The number of para-hydroxylation sites is 2. The van der Waals surface area contributed by atoms with Crippen molar-refractivity contribution >= 4 is 57.8 Å². The second-order valence-corrected chi connectivity index (χ2v) is 8.70. The third kappa shape index (κ3) is 6.43. The van der Waals surface area contributed by atoms with E-state index in [0.717, 1.165) is 5.56 Å². The Morgan fingerprint density at radius 2 is 1.88 bits per heavy atom. The minimum Gasteiger partial charge on any atom is -0.492 e. The maximum absolute atomic E-state index is 12.8. The molecule has 0 aromatic heterocycles. The van der Waals surface area contributed by atoms with Gasteiger partial charge in [0.05, 0.1) is 29.9 Å². The molecule has 1 aliphatic rings. The van der Waals surface area contributed by atoms with E-state index in [-0.39, 0.29) is 18.2 Å². The summed E-state index contributed by atoms with van der Waals surface area (Å²) < 4.78 is 10.7. The molecule has 2 amide bonds. The zero-order valence-electron chi connectivity index (χ0n) is 18.3. The SMILES string of the molecule is CCOc1ccccc1NC(=O)CCCN1C(=O)/C(=C/c2ccc(C(=O)OC)cc2)SC1=S. The lowest BCUT2D eigenvalue weighted by Crippen LogP contribution is -2.29. The van der Waals surface area contributed by atoms with Gasteiger partial charge in [-0.3, -0.25) is 14.5 Å². The highest BCUT2D eigenvalue weighted by molar-refractivity contribution is 8.26. The summed E-state index contributed by atoms with van der Waals surface area (Å²) in [6.07, 6.45) is 2.44. The molecule has 2 aromatic carbocycles. The van der Waals surface area contributed by atoms with Crippen molar-refractivity contribution in [1.82, 2.24) is 4.90 Å². The van der Waals surface area contributed by atoms with Crippen LogP contribution in [0.3, 0.4) is 0 Å². The van der Waals surface area contributed by atoms with Crippen LogP contribution in [-0.4, -0.2) is 47.3 Å². The van der Waals surface area contributed by atoms with E-state index < -0.39 is 5.97 Å². The predicted molar refractivity (Wildman–Crippen MR) is 133 cm³/mol. The summed E-state index contributed by atoms with van der Waals surface area (Å²) in [4.78, 5) is 38.7. The first-order valence-corrected chi connectivity index (χ1v) is 11.6. The highest BCUT2D eigenvalue weighted by atomic mass is 32.2. The number of thioether (sulfide) groups is 1. The maximum atomic E-state index is 12.8. The van der Waals surface area contributed by atoms with Gasteiger partial charge in [0.25, 0.3) is 5.91 Å². The molecule has 0 saturated carbocycles. The topological polar surface area (TPSA) is 84.9 Å². The standard InChI is InChI=1S/C24H24N2O5S2/c1-3-31-19-8-5-4-7-18(19)25-21(27)9-6-14-26-22(28)20(33-24(26)32)15-16-10-12-17(13-11-16)23(29)30-2/h4-5,7-8,10-13,15H,3,6,9,14H2,1-2H3,(H,25,27)/b20-15-. The highest BCUT2D eigenvalue weighted by Crippen LogP contribution is 2.33. The molecule has 1 N–H and O–H groups in total. The van der Waals surface area contributed by atoms with Gasteiger partial charge in [-0.25, -0.2) is 4.79 Å². The number of benzene rings is 2. The van der Waals surface area contributed by atoms with Crippen molar-refractivity contribution in [3.05, 3.63) is 64.6 Å². The number of methoxy groups -OCH3 is 1. The fourth-order valence-electron chi connectivity index (χ4n) is 3.14. The number of amides is 2. The molecule has 9 heteroatoms. The number of thiocarbonyl (C=S) groups is 1. The van der Waals surface area contributed by atoms with Crippen molar-refractivity contribution in [2.24, 2.45) is 0 Å². The van der Waals surface area contributed by atoms with Crippen LogP contribution in [0, 0.1) is 0 Å². The summed E-state index contributed by atoms with van der Waals surface area (Å²) in [5, 5.41) is 2.85. The van der Waals surface area contributed by atoms with E-state index in [9.17, 15) is 14.4 Å². The Labute approximate surface area is 202 Å². The smallest absolute Gasteiger partial charge is 0.337 e. The molecule has 0 radical (unpaired) electrons. The van der Waals surface area contributed by atoms with E-state index in [1.54, 1.807) is 42.5 Å². The normalized spacial score (nSPS) is 14.5. The van der Waals surface area contributed by atoms with Crippen LogP contribution in [0.2, 0.25) is 0 Å². The molecule has 2 aromatic rings. The van der Waals surface area contributed by atoms with Crippen LogP contribution < -0.4 is 10.1 Å². The molecule has 0 spiro atoms. The third-order valence-electron chi connectivity index (χ3n) is 4.75. The van der Waals surface area contributed by atoms with E-state index in [0.29, 0.717) is 45.8 Å². The molecule has 0 aliphatic carbocycles. The van der Waals surface area contributed by atoms with Gasteiger partial charge in [0.2, 0.25) is 5.91 Å². The van der Waals surface area contributed by atoms with Crippen molar-refractivity contribution in [2.75, 3.05) is 25.6 Å². The third-order valence-corrected chi connectivity index (χ3v) is 6.13. The van der Waals surface area contributed by atoms with Crippen LogP contribution in [0.15, 0.2) is 53.4 Å². The summed E-state index contributed by atoms with van der Waals surface area (Å²) in [5.74, 6) is -0.147. The number of hydrogen-bond donors (Lipinski definition) is 1. The zero-order chi connectivity index (χ0) is 23.8. The number of nitrogens with one attached hydrogen (secondary N) is 1. The largest absolute Gasteiger partial charge is 0.492 e. The van der Waals surface area contributed by atoms with Crippen LogP contribution in [0.25, 0.3) is 6.08 Å². The first-order chi connectivity index (χ1) is 15.9. The quantitative estimate of drug-likeness (QED) is 0.319. The zero-order valence-corrected chi connectivity index (χ0v) is 20.0. The summed E-state index contributed by atoms with van der Waals surface area (Å²) in [6.45, 7) is 2.74.